The van der Waals surface area contributed by atoms with Crippen LogP contribution in [0.1, 0.15) is 23.4 Å². The SMILES string of the molecule is NCc1nc(-c2cccc(C3(O)CCOCC3)c2)cs1. The number of aliphatic hydroxyl groups is 1. The highest BCUT2D eigenvalue weighted by Crippen LogP contribution is 2.34. The van der Waals surface area contributed by atoms with E-state index in [9.17, 15) is 5.11 Å². The molecule has 1 aliphatic heterocycles. The zero-order valence-corrected chi connectivity index (χ0v) is 12.0. The fraction of sp³-hybridized carbons (Fsp3) is 0.400. The van der Waals surface area contributed by atoms with Crippen molar-refractivity contribution in [2.45, 2.75) is 25.0 Å². The molecule has 1 aliphatic rings. The second kappa shape index (κ2) is 5.61. The van der Waals surface area contributed by atoms with Gasteiger partial charge in [-0.15, -0.1) is 11.3 Å². The van der Waals surface area contributed by atoms with Crippen LogP contribution in [0.3, 0.4) is 0 Å². The number of hydrogen-bond acceptors (Lipinski definition) is 5. The molecule has 1 fully saturated rings. The molecule has 20 heavy (non-hydrogen) atoms. The first kappa shape index (κ1) is 13.7. The predicted octanol–water partition coefficient (Wildman–Crippen LogP) is 2.27. The van der Waals surface area contributed by atoms with E-state index < -0.39 is 5.60 Å². The molecule has 0 spiro atoms. The summed E-state index contributed by atoms with van der Waals surface area (Å²) in [6.45, 7) is 1.68. The van der Waals surface area contributed by atoms with Crippen LogP contribution >= 0.6 is 11.3 Å². The molecule has 1 aromatic heterocycles. The van der Waals surface area contributed by atoms with Crippen molar-refractivity contribution in [1.82, 2.24) is 4.98 Å². The summed E-state index contributed by atoms with van der Waals surface area (Å²) < 4.78 is 5.33. The number of nitrogens with zero attached hydrogens (tertiary/aromatic N) is 1. The first-order valence-corrected chi connectivity index (χ1v) is 7.65. The number of thiazole rings is 1. The molecule has 3 N–H and O–H groups in total. The Balaban J connectivity index is 1.92. The molecule has 1 saturated heterocycles. The Morgan fingerprint density at radius 3 is 2.85 bits per heavy atom. The molecule has 3 rings (SSSR count). The standard InChI is InChI=1S/C15H18N2O2S/c16-9-14-17-13(10-20-14)11-2-1-3-12(8-11)15(18)4-6-19-7-5-15/h1-3,8,10,18H,4-7,9,16H2. The van der Waals surface area contributed by atoms with Gasteiger partial charge in [0.15, 0.2) is 0 Å². The number of benzene rings is 1. The Labute approximate surface area is 122 Å². The number of ether oxygens (including phenoxy) is 1. The summed E-state index contributed by atoms with van der Waals surface area (Å²) in [6.07, 6.45) is 1.28. The van der Waals surface area contributed by atoms with Gasteiger partial charge in [0.05, 0.1) is 11.3 Å². The van der Waals surface area contributed by atoms with Crippen LogP contribution in [0.4, 0.5) is 0 Å². The van der Waals surface area contributed by atoms with E-state index in [-0.39, 0.29) is 0 Å². The van der Waals surface area contributed by atoms with E-state index in [0.29, 0.717) is 32.6 Å². The molecule has 106 valence electrons. The third-order valence-corrected chi connectivity index (χ3v) is 4.61. The van der Waals surface area contributed by atoms with Crippen molar-refractivity contribution in [2.24, 2.45) is 5.73 Å². The van der Waals surface area contributed by atoms with Gasteiger partial charge in [-0.05, 0) is 11.6 Å². The van der Waals surface area contributed by atoms with Crippen molar-refractivity contribution in [3.63, 3.8) is 0 Å². The Morgan fingerprint density at radius 2 is 2.15 bits per heavy atom. The zero-order valence-electron chi connectivity index (χ0n) is 11.2. The van der Waals surface area contributed by atoms with E-state index in [2.05, 4.69) is 4.98 Å². The summed E-state index contributed by atoms with van der Waals surface area (Å²) in [5.41, 5.74) is 7.72. The monoisotopic (exact) mass is 290 g/mol. The number of hydrogen-bond donors (Lipinski definition) is 2. The highest BCUT2D eigenvalue weighted by Gasteiger charge is 2.31. The minimum Gasteiger partial charge on any atom is -0.385 e. The number of nitrogens with two attached hydrogens (primary N) is 1. The largest absolute Gasteiger partial charge is 0.385 e. The van der Waals surface area contributed by atoms with Crippen LogP contribution < -0.4 is 5.73 Å². The molecule has 2 aromatic rings. The van der Waals surface area contributed by atoms with Gasteiger partial charge in [0, 0.05) is 43.5 Å². The maximum Gasteiger partial charge on any atom is 0.107 e. The van der Waals surface area contributed by atoms with Crippen molar-refractivity contribution < 1.29 is 9.84 Å². The number of rotatable bonds is 3. The molecule has 1 aromatic carbocycles. The third kappa shape index (κ3) is 2.62. The third-order valence-electron chi connectivity index (χ3n) is 3.74. The predicted molar refractivity (Wildman–Crippen MR) is 79.4 cm³/mol. The quantitative estimate of drug-likeness (QED) is 0.910. The Bertz CT molecular complexity index is 591. The molecule has 5 heteroatoms. The van der Waals surface area contributed by atoms with E-state index in [4.69, 9.17) is 10.5 Å². The van der Waals surface area contributed by atoms with Gasteiger partial charge in [0.25, 0.3) is 0 Å². The van der Waals surface area contributed by atoms with Gasteiger partial charge in [-0.2, -0.15) is 0 Å². The van der Waals surface area contributed by atoms with Gasteiger partial charge in [-0.3, -0.25) is 0 Å². The number of aromatic nitrogens is 1. The van der Waals surface area contributed by atoms with Gasteiger partial charge in [-0.25, -0.2) is 4.98 Å². The van der Waals surface area contributed by atoms with Gasteiger partial charge >= 0.3 is 0 Å². The summed E-state index contributed by atoms with van der Waals surface area (Å²) in [5, 5.41) is 13.7. The molecule has 0 atom stereocenters. The van der Waals surface area contributed by atoms with Gasteiger partial charge in [0.2, 0.25) is 0 Å². The molecule has 0 radical (unpaired) electrons. The maximum absolute atomic E-state index is 10.7. The Hall–Kier alpha value is -1.27. The molecule has 2 heterocycles. The lowest BCUT2D eigenvalue weighted by Crippen LogP contribution is -2.33. The average Bonchev–Trinajstić information content (AvgIpc) is 2.97. The minimum atomic E-state index is -0.777. The van der Waals surface area contributed by atoms with E-state index in [1.165, 1.54) is 0 Å². The lowest BCUT2D eigenvalue weighted by Gasteiger charge is -2.32. The second-order valence-electron chi connectivity index (χ2n) is 5.06. The van der Waals surface area contributed by atoms with Crippen molar-refractivity contribution in [3.8, 4) is 11.3 Å². The highest BCUT2D eigenvalue weighted by atomic mass is 32.1. The molecular weight excluding hydrogens is 272 g/mol. The van der Waals surface area contributed by atoms with Crippen molar-refractivity contribution in [2.75, 3.05) is 13.2 Å². The van der Waals surface area contributed by atoms with Crippen LogP contribution in [0.5, 0.6) is 0 Å². The molecule has 4 nitrogen and oxygen atoms in total. The van der Waals surface area contributed by atoms with Crippen LogP contribution in [-0.2, 0) is 16.9 Å². The normalized spacial score (nSPS) is 18.1. The van der Waals surface area contributed by atoms with E-state index in [1.54, 1.807) is 11.3 Å². The molecule has 0 amide bonds. The van der Waals surface area contributed by atoms with Crippen LogP contribution in [-0.4, -0.2) is 23.3 Å². The van der Waals surface area contributed by atoms with Crippen LogP contribution in [0.25, 0.3) is 11.3 Å². The topological polar surface area (TPSA) is 68.4 Å². The lowest BCUT2D eigenvalue weighted by molar-refractivity contribution is -0.0678. The maximum atomic E-state index is 10.7. The van der Waals surface area contributed by atoms with E-state index in [0.717, 1.165) is 21.8 Å². The van der Waals surface area contributed by atoms with E-state index >= 15 is 0 Å². The molecule has 0 unspecified atom stereocenters. The first-order chi connectivity index (χ1) is 9.71. The Kier molecular flexibility index (Phi) is 3.85. The average molecular weight is 290 g/mol. The van der Waals surface area contributed by atoms with Crippen molar-refractivity contribution in [3.05, 3.63) is 40.2 Å². The van der Waals surface area contributed by atoms with Crippen LogP contribution in [0, 0.1) is 0 Å². The summed E-state index contributed by atoms with van der Waals surface area (Å²) in [7, 11) is 0. The van der Waals surface area contributed by atoms with Crippen molar-refractivity contribution in [1.29, 1.82) is 0 Å². The minimum absolute atomic E-state index is 0.464. The van der Waals surface area contributed by atoms with Crippen molar-refractivity contribution >= 4 is 11.3 Å². The Morgan fingerprint density at radius 1 is 1.35 bits per heavy atom. The molecule has 0 aliphatic carbocycles. The molecule has 0 saturated carbocycles. The fourth-order valence-electron chi connectivity index (χ4n) is 2.50. The van der Waals surface area contributed by atoms with Gasteiger partial charge in [-0.1, -0.05) is 18.2 Å². The summed E-state index contributed by atoms with van der Waals surface area (Å²) >= 11 is 1.57. The first-order valence-electron chi connectivity index (χ1n) is 6.77. The van der Waals surface area contributed by atoms with Gasteiger partial charge in [0.1, 0.15) is 5.01 Å². The fourth-order valence-corrected chi connectivity index (χ4v) is 3.19. The summed E-state index contributed by atoms with van der Waals surface area (Å²) in [5.74, 6) is 0. The van der Waals surface area contributed by atoms with Crippen LogP contribution in [0.15, 0.2) is 29.6 Å². The van der Waals surface area contributed by atoms with E-state index in [1.807, 2.05) is 29.6 Å². The molecule has 0 bridgehead atoms. The lowest BCUT2D eigenvalue weighted by atomic mass is 9.85. The summed E-state index contributed by atoms with van der Waals surface area (Å²) in [6, 6.07) is 7.99. The van der Waals surface area contributed by atoms with Crippen LogP contribution in [0.2, 0.25) is 0 Å². The highest BCUT2D eigenvalue weighted by molar-refractivity contribution is 7.09. The summed E-state index contributed by atoms with van der Waals surface area (Å²) in [4.78, 5) is 4.50. The van der Waals surface area contributed by atoms with Gasteiger partial charge < -0.3 is 15.6 Å². The zero-order chi connectivity index (χ0) is 14.0. The second-order valence-corrected chi connectivity index (χ2v) is 6.00. The molecular formula is C15H18N2O2S. The smallest absolute Gasteiger partial charge is 0.107 e.